The Morgan fingerprint density at radius 1 is 1.13 bits per heavy atom. The van der Waals surface area contributed by atoms with E-state index in [0.717, 1.165) is 43.7 Å². The Morgan fingerprint density at radius 2 is 1.87 bits per heavy atom. The van der Waals surface area contributed by atoms with Crippen LogP contribution >= 0.6 is 0 Å². The highest BCUT2D eigenvalue weighted by atomic mass is 16.5. The third-order valence-corrected chi connectivity index (χ3v) is 7.86. The molecule has 1 aliphatic rings. The average molecular weight is 536 g/mol. The molecule has 0 spiro atoms. The van der Waals surface area contributed by atoms with E-state index in [9.17, 15) is 9.90 Å². The van der Waals surface area contributed by atoms with Gasteiger partial charge in [0.2, 0.25) is 5.91 Å². The molecule has 0 aromatic heterocycles. The lowest BCUT2D eigenvalue weighted by atomic mass is 9.80. The van der Waals surface area contributed by atoms with Crippen LogP contribution in [0.2, 0.25) is 0 Å². The van der Waals surface area contributed by atoms with Crippen LogP contribution in [0.15, 0.2) is 18.2 Å². The van der Waals surface area contributed by atoms with Crippen LogP contribution < -0.4 is 20.5 Å². The number of hydrogen-bond donors (Lipinski definition) is 3. The number of methoxy groups -OCH3 is 2. The first-order valence-corrected chi connectivity index (χ1v) is 14.3. The fourth-order valence-electron chi connectivity index (χ4n) is 5.22. The van der Waals surface area contributed by atoms with Crippen molar-refractivity contribution in [1.82, 2.24) is 10.2 Å². The summed E-state index contributed by atoms with van der Waals surface area (Å²) in [7, 11) is 5.40. The fourth-order valence-corrected chi connectivity index (χ4v) is 5.22. The van der Waals surface area contributed by atoms with Crippen LogP contribution in [-0.4, -0.2) is 81.7 Å². The molecule has 1 aromatic carbocycles. The second-order valence-electron chi connectivity index (χ2n) is 11.7. The van der Waals surface area contributed by atoms with Gasteiger partial charge in [-0.05, 0) is 74.7 Å². The van der Waals surface area contributed by atoms with Gasteiger partial charge in [-0.3, -0.25) is 4.79 Å². The van der Waals surface area contributed by atoms with Crippen molar-refractivity contribution in [3.8, 4) is 11.5 Å². The zero-order valence-electron chi connectivity index (χ0n) is 24.7. The van der Waals surface area contributed by atoms with E-state index in [2.05, 4.69) is 37.2 Å². The van der Waals surface area contributed by atoms with Crippen molar-refractivity contribution in [2.75, 3.05) is 47.6 Å². The molecule has 0 bridgehead atoms. The number of carbonyl (C=O) groups excluding carboxylic acids is 1. The van der Waals surface area contributed by atoms with E-state index in [1.165, 1.54) is 0 Å². The van der Waals surface area contributed by atoms with Gasteiger partial charge in [-0.2, -0.15) is 0 Å². The summed E-state index contributed by atoms with van der Waals surface area (Å²) in [5.41, 5.74) is 7.71. The van der Waals surface area contributed by atoms with Crippen molar-refractivity contribution in [3.63, 3.8) is 0 Å². The molecule has 1 heterocycles. The minimum Gasteiger partial charge on any atom is -0.493 e. The van der Waals surface area contributed by atoms with Crippen LogP contribution in [0.4, 0.5) is 0 Å². The molecule has 0 saturated carbocycles. The summed E-state index contributed by atoms with van der Waals surface area (Å²) < 4.78 is 16.6. The predicted molar refractivity (Wildman–Crippen MR) is 153 cm³/mol. The molecule has 1 amide bonds. The SMILES string of the molecule is COCCCOc1cc(C[C@@H](C[C@H](N)[C@@H](O)C[C@H](C(=O)N[C@H]2CCN(C)C2)C(C)C)C(C)C)ccc1OC. The third kappa shape index (κ3) is 10.4. The predicted octanol–water partition coefficient (Wildman–Crippen LogP) is 3.49. The monoisotopic (exact) mass is 535 g/mol. The smallest absolute Gasteiger partial charge is 0.223 e. The average Bonchev–Trinajstić information content (AvgIpc) is 3.28. The lowest BCUT2D eigenvalue weighted by molar-refractivity contribution is -0.128. The van der Waals surface area contributed by atoms with Crippen LogP contribution in [0.3, 0.4) is 0 Å². The van der Waals surface area contributed by atoms with Gasteiger partial charge in [0, 0.05) is 44.7 Å². The minimum absolute atomic E-state index is 0.0308. The molecule has 8 heteroatoms. The maximum Gasteiger partial charge on any atom is 0.223 e. The Bertz CT molecular complexity index is 834. The first-order chi connectivity index (χ1) is 18.0. The molecular weight excluding hydrogens is 482 g/mol. The number of nitrogens with one attached hydrogen (secondary N) is 1. The highest BCUT2D eigenvalue weighted by molar-refractivity contribution is 5.79. The van der Waals surface area contributed by atoms with Gasteiger partial charge in [-0.1, -0.05) is 33.8 Å². The molecule has 0 aliphatic carbocycles. The molecule has 4 N–H and O–H groups in total. The van der Waals surface area contributed by atoms with E-state index in [-0.39, 0.29) is 29.7 Å². The van der Waals surface area contributed by atoms with E-state index < -0.39 is 12.1 Å². The van der Waals surface area contributed by atoms with Crippen molar-refractivity contribution in [2.45, 2.75) is 78.0 Å². The summed E-state index contributed by atoms with van der Waals surface area (Å²) in [6, 6.07) is 5.84. The minimum atomic E-state index is -0.740. The molecule has 5 atom stereocenters. The van der Waals surface area contributed by atoms with Gasteiger partial charge < -0.3 is 35.3 Å². The Labute approximate surface area is 230 Å². The van der Waals surface area contributed by atoms with Gasteiger partial charge in [0.1, 0.15) is 0 Å². The molecule has 38 heavy (non-hydrogen) atoms. The second-order valence-corrected chi connectivity index (χ2v) is 11.7. The normalized spacial score (nSPS) is 19.4. The topological polar surface area (TPSA) is 106 Å². The van der Waals surface area contributed by atoms with E-state index in [4.69, 9.17) is 19.9 Å². The summed E-state index contributed by atoms with van der Waals surface area (Å²) in [4.78, 5) is 15.3. The zero-order valence-corrected chi connectivity index (χ0v) is 24.7. The number of likely N-dealkylation sites (N-methyl/N-ethyl adjacent to an activating group) is 1. The van der Waals surface area contributed by atoms with E-state index in [1.54, 1.807) is 14.2 Å². The highest BCUT2D eigenvalue weighted by Gasteiger charge is 2.31. The molecule has 1 fully saturated rings. The Hall–Kier alpha value is -1.87. The molecule has 1 aromatic rings. The van der Waals surface area contributed by atoms with E-state index in [0.29, 0.717) is 37.7 Å². The number of aliphatic hydroxyl groups is 1. The summed E-state index contributed by atoms with van der Waals surface area (Å²) in [5.74, 6) is 1.98. The first kappa shape index (κ1) is 32.3. The van der Waals surface area contributed by atoms with Gasteiger partial charge in [-0.15, -0.1) is 0 Å². The van der Waals surface area contributed by atoms with Crippen LogP contribution in [0.5, 0.6) is 11.5 Å². The Kier molecular flexibility index (Phi) is 13.9. The van der Waals surface area contributed by atoms with Crippen LogP contribution in [0, 0.1) is 23.7 Å². The third-order valence-electron chi connectivity index (χ3n) is 7.86. The van der Waals surface area contributed by atoms with Crippen LogP contribution in [0.1, 0.15) is 58.9 Å². The van der Waals surface area contributed by atoms with Gasteiger partial charge >= 0.3 is 0 Å². The number of rotatable bonds is 17. The molecule has 1 saturated heterocycles. The summed E-state index contributed by atoms with van der Waals surface area (Å²) >= 11 is 0. The summed E-state index contributed by atoms with van der Waals surface area (Å²) in [6.07, 6.45) is 2.90. The maximum atomic E-state index is 13.1. The molecule has 218 valence electrons. The number of amides is 1. The summed E-state index contributed by atoms with van der Waals surface area (Å²) in [6.45, 7) is 11.5. The van der Waals surface area contributed by atoms with Gasteiger partial charge in [0.05, 0.1) is 19.8 Å². The lowest BCUT2D eigenvalue weighted by Gasteiger charge is -2.30. The quantitative estimate of drug-likeness (QED) is 0.262. The molecule has 0 radical (unpaired) electrons. The first-order valence-electron chi connectivity index (χ1n) is 14.3. The lowest BCUT2D eigenvalue weighted by Crippen LogP contribution is -2.45. The Morgan fingerprint density at radius 3 is 2.45 bits per heavy atom. The molecule has 8 nitrogen and oxygen atoms in total. The van der Waals surface area contributed by atoms with Crippen molar-refractivity contribution >= 4 is 5.91 Å². The largest absolute Gasteiger partial charge is 0.493 e. The zero-order chi connectivity index (χ0) is 28.2. The molecule has 0 unspecified atom stereocenters. The van der Waals surface area contributed by atoms with Crippen molar-refractivity contribution in [3.05, 3.63) is 23.8 Å². The molecular formula is C30H53N3O5. The number of aliphatic hydroxyl groups excluding tert-OH is 1. The Balaban J connectivity index is 2.00. The molecule has 2 rings (SSSR count). The van der Waals surface area contributed by atoms with Crippen molar-refractivity contribution in [2.24, 2.45) is 29.4 Å². The van der Waals surface area contributed by atoms with E-state index >= 15 is 0 Å². The van der Waals surface area contributed by atoms with Gasteiger partial charge in [-0.25, -0.2) is 0 Å². The summed E-state index contributed by atoms with van der Waals surface area (Å²) in [5, 5.41) is 14.3. The van der Waals surface area contributed by atoms with Crippen LogP contribution in [-0.2, 0) is 16.0 Å². The second kappa shape index (κ2) is 16.3. The number of benzene rings is 1. The van der Waals surface area contributed by atoms with E-state index in [1.807, 2.05) is 26.0 Å². The number of nitrogens with two attached hydrogens (primary N) is 1. The van der Waals surface area contributed by atoms with Crippen molar-refractivity contribution in [1.29, 1.82) is 0 Å². The maximum absolute atomic E-state index is 13.1. The van der Waals surface area contributed by atoms with Gasteiger partial charge in [0.15, 0.2) is 11.5 Å². The molecule has 1 aliphatic heterocycles. The highest BCUT2D eigenvalue weighted by Crippen LogP contribution is 2.32. The number of hydrogen-bond acceptors (Lipinski definition) is 7. The van der Waals surface area contributed by atoms with Crippen LogP contribution in [0.25, 0.3) is 0 Å². The standard InChI is InChI=1S/C30H53N3O5/c1-20(2)23(15-22-9-10-28(37-7)29(16-22)38-14-8-13-36-6)17-26(31)27(34)18-25(21(3)4)30(35)32-24-11-12-33(5)19-24/h9-10,16,20-21,23-27,34H,8,11-15,17-19,31H2,1-7H3,(H,32,35)/t23-,24-,25-,26-,27-/m0/s1. The number of likely N-dealkylation sites (tertiary alicyclic amines) is 1. The number of carbonyl (C=O) groups is 1. The van der Waals surface area contributed by atoms with Crippen molar-refractivity contribution < 1.29 is 24.1 Å². The fraction of sp³-hybridized carbons (Fsp3) is 0.767. The van der Waals surface area contributed by atoms with Gasteiger partial charge in [0.25, 0.3) is 0 Å². The number of ether oxygens (including phenoxy) is 3. The number of nitrogens with zero attached hydrogens (tertiary/aromatic N) is 1.